The van der Waals surface area contributed by atoms with Crippen molar-refractivity contribution in [3.63, 3.8) is 0 Å². The summed E-state index contributed by atoms with van der Waals surface area (Å²) in [5.41, 5.74) is 1.99. The van der Waals surface area contributed by atoms with Gasteiger partial charge in [-0.3, -0.25) is 0 Å². The van der Waals surface area contributed by atoms with E-state index in [-0.39, 0.29) is 33.2 Å². The summed E-state index contributed by atoms with van der Waals surface area (Å²) in [4.78, 5) is 0. The van der Waals surface area contributed by atoms with Crippen molar-refractivity contribution in [1.29, 1.82) is 0 Å². The van der Waals surface area contributed by atoms with Crippen molar-refractivity contribution in [3.8, 4) is 0 Å². The molecule has 0 aromatic carbocycles. The number of allylic oxidation sites excluding steroid dienone is 1. The van der Waals surface area contributed by atoms with Gasteiger partial charge in [0, 0.05) is 5.92 Å². The zero-order valence-electron chi connectivity index (χ0n) is 22.2. The number of hydrogen-bond donors (Lipinski definition) is 2. The number of fused-ring (bicyclic) bond motifs is 7. The maximum absolute atomic E-state index is 11.8. The molecule has 4 saturated carbocycles. The molecule has 0 radical (unpaired) electrons. The molecule has 0 amide bonds. The maximum Gasteiger partial charge on any atom is 0.0716 e. The van der Waals surface area contributed by atoms with Crippen LogP contribution in [0.25, 0.3) is 0 Å². The molecule has 2 heteroatoms. The van der Waals surface area contributed by atoms with Crippen LogP contribution in [0.5, 0.6) is 0 Å². The second-order valence-corrected chi connectivity index (χ2v) is 14.7. The minimum atomic E-state index is -0.487. The fraction of sp³-hybridized carbons (Fsp3) is 0.933. The van der Waals surface area contributed by atoms with Crippen molar-refractivity contribution in [2.75, 3.05) is 0 Å². The van der Waals surface area contributed by atoms with E-state index in [1.54, 1.807) is 5.57 Å². The Hall–Kier alpha value is -0.340. The first-order valence-electron chi connectivity index (χ1n) is 13.8. The molecule has 2 N–H and O–H groups in total. The second-order valence-electron chi connectivity index (χ2n) is 14.7. The number of rotatable bonds is 0. The van der Waals surface area contributed by atoms with Gasteiger partial charge >= 0.3 is 0 Å². The molecular weight excluding hydrogens is 392 g/mol. The van der Waals surface area contributed by atoms with Crippen LogP contribution in [0, 0.1) is 50.7 Å². The lowest BCUT2D eigenvalue weighted by molar-refractivity contribution is -0.253. The normalized spacial score (nSPS) is 59.2. The summed E-state index contributed by atoms with van der Waals surface area (Å²) in [6, 6.07) is 0. The van der Waals surface area contributed by atoms with Crippen molar-refractivity contribution in [3.05, 3.63) is 11.6 Å². The van der Waals surface area contributed by atoms with Gasteiger partial charge in [-0.15, -0.1) is 0 Å². The molecule has 0 aliphatic heterocycles. The second kappa shape index (κ2) is 6.66. The summed E-state index contributed by atoms with van der Waals surface area (Å²) in [5.74, 6) is 2.16. The molecule has 0 bridgehead atoms. The van der Waals surface area contributed by atoms with Gasteiger partial charge in [-0.1, -0.05) is 67.0 Å². The molecule has 32 heavy (non-hydrogen) atoms. The van der Waals surface area contributed by atoms with Crippen LogP contribution in [0.3, 0.4) is 0 Å². The Morgan fingerprint density at radius 1 is 0.812 bits per heavy atom. The van der Waals surface area contributed by atoms with E-state index in [0.717, 1.165) is 38.5 Å². The average molecular weight is 443 g/mol. The van der Waals surface area contributed by atoms with Gasteiger partial charge in [0.25, 0.3) is 0 Å². The molecule has 2 nitrogen and oxygen atoms in total. The van der Waals surface area contributed by atoms with Gasteiger partial charge in [-0.25, -0.2) is 0 Å². The van der Waals surface area contributed by atoms with Gasteiger partial charge in [0.1, 0.15) is 0 Å². The van der Waals surface area contributed by atoms with Gasteiger partial charge in [0.05, 0.1) is 11.7 Å². The number of aliphatic hydroxyl groups excluding tert-OH is 1. The van der Waals surface area contributed by atoms with Crippen LogP contribution in [0.2, 0.25) is 0 Å². The van der Waals surface area contributed by atoms with E-state index in [1.165, 1.54) is 19.3 Å². The van der Waals surface area contributed by atoms with Gasteiger partial charge in [-0.05, 0) is 103 Å². The Bertz CT molecular complexity index is 829. The van der Waals surface area contributed by atoms with E-state index in [4.69, 9.17) is 0 Å². The molecule has 10 atom stereocenters. The zero-order valence-corrected chi connectivity index (χ0v) is 22.2. The summed E-state index contributed by atoms with van der Waals surface area (Å²) in [6.07, 6.45) is 12.4. The van der Waals surface area contributed by atoms with Crippen molar-refractivity contribution >= 4 is 0 Å². The van der Waals surface area contributed by atoms with Gasteiger partial charge in [-0.2, -0.15) is 0 Å². The van der Waals surface area contributed by atoms with Gasteiger partial charge in [0.2, 0.25) is 0 Å². The Kier molecular flexibility index (Phi) is 4.87. The van der Waals surface area contributed by atoms with Crippen LogP contribution in [0.1, 0.15) is 113 Å². The first-order chi connectivity index (χ1) is 14.7. The molecule has 5 aliphatic carbocycles. The first kappa shape index (κ1) is 23.4. The van der Waals surface area contributed by atoms with Crippen LogP contribution in [-0.4, -0.2) is 21.9 Å². The third-order valence-corrected chi connectivity index (χ3v) is 13.9. The third-order valence-electron chi connectivity index (χ3n) is 13.9. The highest BCUT2D eigenvalue weighted by atomic mass is 16.3. The minimum absolute atomic E-state index is 0.0115. The Morgan fingerprint density at radius 2 is 1.50 bits per heavy atom. The van der Waals surface area contributed by atoms with E-state index in [2.05, 4.69) is 61.5 Å². The number of aliphatic hydroxyl groups is 2. The molecule has 0 saturated heterocycles. The molecule has 5 rings (SSSR count). The zero-order chi connectivity index (χ0) is 23.5. The van der Waals surface area contributed by atoms with Crippen LogP contribution < -0.4 is 0 Å². The van der Waals surface area contributed by atoms with Gasteiger partial charge in [0.15, 0.2) is 0 Å². The molecule has 0 spiro atoms. The fourth-order valence-electron chi connectivity index (χ4n) is 10.9. The summed E-state index contributed by atoms with van der Waals surface area (Å²) < 4.78 is 0. The Labute approximate surface area is 197 Å². The van der Waals surface area contributed by atoms with Crippen molar-refractivity contribution in [2.45, 2.75) is 125 Å². The highest BCUT2D eigenvalue weighted by Gasteiger charge is 2.72. The van der Waals surface area contributed by atoms with Crippen LogP contribution >= 0.6 is 0 Å². The Balaban J connectivity index is 1.64. The summed E-state index contributed by atoms with van der Waals surface area (Å²) in [7, 11) is 0. The van der Waals surface area contributed by atoms with Gasteiger partial charge < -0.3 is 10.2 Å². The smallest absolute Gasteiger partial charge is 0.0716 e. The molecule has 4 fully saturated rings. The van der Waals surface area contributed by atoms with Crippen LogP contribution in [0.15, 0.2) is 11.6 Å². The lowest BCUT2D eigenvalue weighted by atomic mass is 9.29. The minimum Gasteiger partial charge on any atom is -0.393 e. The molecule has 0 aromatic heterocycles. The molecule has 182 valence electrons. The van der Waals surface area contributed by atoms with E-state index in [9.17, 15) is 10.2 Å². The lowest BCUT2D eigenvalue weighted by Gasteiger charge is -2.75. The third kappa shape index (κ3) is 2.45. The van der Waals surface area contributed by atoms with E-state index in [0.29, 0.717) is 23.7 Å². The van der Waals surface area contributed by atoms with Crippen LogP contribution in [-0.2, 0) is 0 Å². The highest BCUT2D eigenvalue weighted by molar-refractivity contribution is 5.36. The largest absolute Gasteiger partial charge is 0.393 e. The van der Waals surface area contributed by atoms with E-state index >= 15 is 0 Å². The SMILES string of the molecule is CC1CCC2(O)CCC3(C)C(=CCC4(C)C5(C)CCC(O)C(C)(C)C5CCC34C)C2C1C. The van der Waals surface area contributed by atoms with Crippen molar-refractivity contribution in [2.24, 2.45) is 50.7 Å². The monoisotopic (exact) mass is 442 g/mol. The molecule has 10 unspecified atom stereocenters. The Morgan fingerprint density at radius 3 is 2.19 bits per heavy atom. The lowest BCUT2D eigenvalue weighted by Crippen LogP contribution is -2.69. The average Bonchev–Trinajstić information content (AvgIpc) is 2.72. The molecule has 0 heterocycles. The standard InChI is InChI=1S/C30H50O2/c1-19-9-16-30(32)18-17-26(5)21(24(30)20(19)2)10-14-29(8)27(6)13-12-23(31)25(3,4)22(27)11-15-28(26,29)7/h10,19-20,22-24,31-32H,9,11-18H2,1-8H3. The first-order valence-corrected chi connectivity index (χ1v) is 13.8. The topological polar surface area (TPSA) is 40.5 Å². The van der Waals surface area contributed by atoms with Crippen molar-refractivity contribution < 1.29 is 10.2 Å². The predicted octanol–water partition coefficient (Wildman–Crippen LogP) is 7.14. The summed E-state index contributed by atoms with van der Waals surface area (Å²) in [5, 5.41) is 22.8. The van der Waals surface area contributed by atoms with E-state index < -0.39 is 5.60 Å². The van der Waals surface area contributed by atoms with Crippen LogP contribution in [0.4, 0.5) is 0 Å². The molecule has 0 aromatic rings. The molecular formula is C30H50O2. The van der Waals surface area contributed by atoms with Crippen molar-refractivity contribution in [1.82, 2.24) is 0 Å². The fourth-order valence-corrected chi connectivity index (χ4v) is 10.9. The summed E-state index contributed by atoms with van der Waals surface area (Å²) in [6.45, 7) is 20.0. The van der Waals surface area contributed by atoms with E-state index in [1.807, 2.05) is 0 Å². The predicted molar refractivity (Wildman–Crippen MR) is 132 cm³/mol. The highest BCUT2D eigenvalue weighted by Crippen LogP contribution is 2.79. The number of hydrogen-bond acceptors (Lipinski definition) is 2. The maximum atomic E-state index is 11.8. The molecule has 5 aliphatic rings. The quantitative estimate of drug-likeness (QED) is 0.391. The summed E-state index contributed by atoms with van der Waals surface area (Å²) >= 11 is 0.